The number of rotatable bonds is 5. The van der Waals surface area contributed by atoms with Crippen LogP contribution in [0.4, 0.5) is 5.69 Å². The number of hydrogen-bond donors (Lipinski definition) is 2. The Morgan fingerprint density at radius 3 is 2.65 bits per heavy atom. The van der Waals surface area contributed by atoms with Gasteiger partial charge in [0.25, 0.3) is 0 Å². The molecule has 0 aliphatic heterocycles. The van der Waals surface area contributed by atoms with E-state index in [0.717, 1.165) is 0 Å². The molecule has 0 aliphatic carbocycles. The van der Waals surface area contributed by atoms with Crippen molar-refractivity contribution >= 4 is 11.7 Å². The number of anilines is 1. The lowest BCUT2D eigenvalue weighted by atomic mass is 10.1. The van der Waals surface area contributed by atoms with Gasteiger partial charge >= 0.3 is 5.97 Å². The van der Waals surface area contributed by atoms with Gasteiger partial charge in [0, 0.05) is 17.3 Å². The van der Waals surface area contributed by atoms with Gasteiger partial charge in [0.2, 0.25) is 0 Å². The van der Waals surface area contributed by atoms with Crippen molar-refractivity contribution in [1.29, 1.82) is 0 Å². The largest absolute Gasteiger partial charge is 0.497 e. The lowest BCUT2D eigenvalue weighted by molar-refractivity contribution is 0.0694. The fourth-order valence-electron chi connectivity index (χ4n) is 1.77. The molecule has 104 valence electrons. The van der Waals surface area contributed by atoms with Crippen LogP contribution in [0.2, 0.25) is 0 Å². The molecule has 0 aliphatic rings. The van der Waals surface area contributed by atoms with Crippen molar-refractivity contribution in [3.63, 3.8) is 0 Å². The van der Waals surface area contributed by atoms with Gasteiger partial charge in [0.15, 0.2) is 0 Å². The molecule has 5 nitrogen and oxygen atoms in total. The van der Waals surface area contributed by atoms with Crippen molar-refractivity contribution in [2.75, 3.05) is 12.8 Å². The smallest absolute Gasteiger partial charge is 0.336 e. The van der Waals surface area contributed by atoms with Crippen molar-refractivity contribution in [2.24, 2.45) is 0 Å². The summed E-state index contributed by atoms with van der Waals surface area (Å²) in [6, 6.07) is 11.8. The van der Waals surface area contributed by atoms with E-state index < -0.39 is 5.97 Å². The second-order valence-corrected chi connectivity index (χ2v) is 4.19. The topological polar surface area (TPSA) is 81.8 Å². The summed E-state index contributed by atoms with van der Waals surface area (Å²) in [5.74, 6) is 0.261. The lowest BCUT2D eigenvalue weighted by Gasteiger charge is -2.10. The molecule has 0 saturated carbocycles. The summed E-state index contributed by atoms with van der Waals surface area (Å²) in [4.78, 5) is 11.2. The van der Waals surface area contributed by atoms with E-state index in [-0.39, 0.29) is 12.2 Å². The van der Waals surface area contributed by atoms with Crippen LogP contribution in [0.5, 0.6) is 11.5 Å². The molecule has 0 radical (unpaired) electrons. The third-order valence-electron chi connectivity index (χ3n) is 2.80. The van der Waals surface area contributed by atoms with E-state index in [2.05, 4.69) is 0 Å². The highest BCUT2D eigenvalue weighted by Crippen LogP contribution is 2.21. The van der Waals surface area contributed by atoms with E-state index in [1.54, 1.807) is 43.5 Å². The highest BCUT2D eigenvalue weighted by Gasteiger charge is 2.11. The number of hydrogen-bond acceptors (Lipinski definition) is 4. The van der Waals surface area contributed by atoms with Gasteiger partial charge in [-0.05, 0) is 24.3 Å². The van der Waals surface area contributed by atoms with Gasteiger partial charge < -0.3 is 20.3 Å². The molecule has 20 heavy (non-hydrogen) atoms. The van der Waals surface area contributed by atoms with E-state index in [0.29, 0.717) is 22.7 Å². The van der Waals surface area contributed by atoms with Gasteiger partial charge in [-0.2, -0.15) is 0 Å². The Bertz CT molecular complexity index is 625. The molecule has 0 fully saturated rings. The zero-order valence-electron chi connectivity index (χ0n) is 11.0. The Morgan fingerprint density at radius 1 is 1.20 bits per heavy atom. The Kier molecular flexibility index (Phi) is 4.10. The minimum Gasteiger partial charge on any atom is -0.497 e. The van der Waals surface area contributed by atoms with Gasteiger partial charge in [0.05, 0.1) is 12.7 Å². The fraction of sp³-hybridized carbons (Fsp3) is 0.133. The Balaban J connectivity index is 2.16. The van der Waals surface area contributed by atoms with Crippen LogP contribution in [0, 0.1) is 0 Å². The van der Waals surface area contributed by atoms with E-state index in [9.17, 15) is 4.79 Å². The molecule has 0 aromatic heterocycles. The highest BCUT2D eigenvalue weighted by molar-refractivity contribution is 5.90. The second kappa shape index (κ2) is 5.97. The first-order chi connectivity index (χ1) is 9.60. The number of aromatic carboxylic acids is 1. The Morgan fingerprint density at radius 2 is 1.95 bits per heavy atom. The van der Waals surface area contributed by atoms with Gasteiger partial charge in [-0.3, -0.25) is 0 Å². The maximum Gasteiger partial charge on any atom is 0.336 e. The maximum absolute atomic E-state index is 11.2. The summed E-state index contributed by atoms with van der Waals surface area (Å²) in [5, 5.41) is 9.14. The minimum absolute atomic E-state index is 0.146. The Hall–Kier alpha value is -2.69. The van der Waals surface area contributed by atoms with Crippen LogP contribution in [0.25, 0.3) is 0 Å². The van der Waals surface area contributed by atoms with Crippen LogP contribution < -0.4 is 15.2 Å². The summed E-state index contributed by atoms with van der Waals surface area (Å²) >= 11 is 0. The first-order valence-corrected chi connectivity index (χ1v) is 5.98. The molecule has 5 heteroatoms. The predicted molar refractivity (Wildman–Crippen MR) is 75.1 cm³/mol. The van der Waals surface area contributed by atoms with E-state index >= 15 is 0 Å². The molecule has 0 unspecified atom stereocenters. The number of carboxylic acids is 1. The molecule has 2 aromatic carbocycles. The number of carboxylic acid groups (broad SMARTS) is 1. The summed E-state index contributed by atoms with van der Waals surface area (Å²) in [7, 11) is 1.57. The van der Waals surface area contributed by atoms with Crippen LogP contribution in [-0.2, 0) is 6.61 Å². The maximum atomic E-state index is 11.2. The standard InChI is InChI=1S/C15H15NO4/c1-19-12-3-2-4-13(8-12)20-9-10-5-6-11(16)7-14(10)15(17)18/h2-8H,9,16H2,1H3,(H,17,18). The van der Waals surface area contributed by atoms with Crippen molar-refractivity contribution in [2.45, 2.75) is 6.61 Å². The van der Waals surface area contributed by atoms with Crippen molar-refractivity contribution < 1.29 is 19.4 Å². The third kappa shape index (κ3) is 3.20. The predicted octanol–water partition coefficient (Wildman–Crippen LogP) is 2.55. The van der Waals surface area contributed by atoms with Crippen LogP contribution in [0.15, 0.2) is 42.5 Å². The SMILES string of the molecule is COc1cccc(OCc2ccc(N)cc2C(=O)O)c1. The number of benzene rings is 2. The molecule has 0 bridgehead atoms. The number of carbonyl (C=O) groups is 1. The van der Waals surface area contributed by atoms with Crippen molar-refractivity contribution in [3.05, 3.63) is 53.6 Å². The molecule has 0 spiro atoms. The zero-order chi connectivity index (χ0) is 14.5. The van der Waals surface area contributed by atoms with E-state index in [1.165, 1.54) is 6.07 Å². The number of nitrogens with two attached hydrogens (primary N) is 1. The summed E-state index contributed by atoms with van der Waals surface area (Å²) < 4.78 is 10.7. The average Bonchev–Trinajstić information content (AvgIpc) is 2.46. The molecule has 2 rings (SSSR count). The van der Waals surface area contributed by atoms with Gasteiger partial charge in [-0.1, -0.05) is 12.1 Å². The minimum atomic E-state index is -1.03. The van der Waals surface area contributed by atoms with Crippen LogP contribution in [0.3, 0.4) is 0 Å². The summed E-state index contributed by atoms with van der Waals surface area (Å²) in [5.41, 5.74) is 6.71. The molecular formula is C15H15NO4. The molecule has 2 aromatic rings. The number of methoxy groups -OCH3 is 1. The first-order valence-electron chi connectivity index (χ1n) is 5.98. The van der Waals surface area contributed by atoms with Crippen molar-refractivity contribution in [3.8, 4) is 11.5 Å². The molecular weight excluding hydrogens is 258 g/mol. The van der Waals surface area contributed by atoms with Crippen LogP contribution in [0.1, 0.15) is 15.9 Å². The monoisotopic (exact) mass is 273 g/mol. The summed E-state index contributed by atoms with van der Waals surface area (Å²) in [6.07, 6.45) is 0. The lowest BCUT2D eigenvalue weighted by Crippen LogP contribution is -2.06. The highest BCUT2D eigenvalue weighted by atomic mass is 16.5. The zero-order valence-corrected chi connectivity index (χ0v) is 11.0. The molecule has 0 atom stereocenters. The second-order valence-electron chi connectivity index (χ2n) is 4.19. The van der Waals surface area contributed by atoms with E-state index in [4.69, 9.17) is 20.3 Å². The fourth-order valence-corrected chi connectivity index (χ4v) is 1.77. The van der Waals surface area contributed by atoms with Gasteiger partial charge in [-0.15, -0.1) is 0 Å². The average molecular weight is 273 g/mol. The summed E-state index contributed by atoms with van der Waals surface area (Å²) in [6.45, 7) is 0.148. The number of nitrogen functional groups attached to an aromatic ring is 1. The number of ether oxygens (including phenoxy) is 2. The quantitative estimate of drug-likeness (QED) is 0.818. The molecule has 0 amide bonds. The first kappa shape index (κ1) is 13.7. The van der Waals surface area contributed by atoms with Gasteiger partial charge in [-0.25, -0.2) is 4.79 Å². The van der Waals surface area contributed by atoms with Gasteiger partial charge in [0.1, 0.15) is 18.1 Å². The van der Waals surface area contributed by atoms with Crippen LogP contribution >= 0.6 is 0 Å². The van der Waals surface area contributed by atoms with Crippen LogP contribution in [-0.4, -0.2) is 18.2 Å². The molecule has 0 saturated heterocycles. The molecule has 0 heterocycles. The van der Waals surface area contributed by atoms with Crippen molar-refractivity contribution in [1.82, 2.24) is 0 Å². The Labute approximate surface area is 116 Å². The third-order valence-corrected chi connectivity index (χ3v) is 2.80. The normalized spacial score (nSPS) is 10.1. The molecule has 3 N–H and O–H groups in total. The van der Waals surface area contributed by atoms with E-state index in [1.807, 2.05) is 0 Å².